The van der Waals surface area contributed by atoms with Crippen LogP contribution < -0.4 is 0 Å². The molecule has 0 spiro atoms. The standard InChI is InChI=1S/C8H16O6S/c9-6-13-7-14-8(15(10,11)12)4-2-1-3-5-8/h9H,1-7H2,(H,10,11,12). The van der Waals surface area contributed by atoms with Crippen molar-refractivity contribution in [1.82, 2.24) is 0 Å². The van der Waals surface area contributed by atoms with Gasteiger partial charge < -0.3 is 14.6 Å². The Kier molecular flexibility index (Phi) is 4.47. The van der Waals surface area contributed by atoms with E-state index in [-0.39, 0.29) is 19.6 Å². The first-order valence-corrected chi connectivity index (χ1v) is 6.25. The fourth-order valence-corrected chi connectivity index (χ4v) is 2.76. The monoisotopic (exact) mass is 240 g/mol. The maximum absolute atomic E-state index is 11.2. The smallest absolute Gasteiger partial charge is 0.295 e. The highest BCUT2D eigenvalue weighted by Gasteiger charge is 2.45. The van der Waals surface area contributed by atoms with Crippen molar-refractivity contribution in [3.63, 3.8) is 0 Å². The maximum atomic E-state index is 11.2. The summed E-state index contributed by atoms with van der Waals surface area (Å²) in [5.74, 6) is 0. The lowest BCUT2D eigenvalue weighted by Gasteiger charge is -2.33. The molecule has 6 nitrogen and oxygen atoms in total. The Labute approximate surface area is 88.9 Å². The Morgan fingerprint density at radius 2 is 1.80 bits per heavy atom. The minimum Gasteiger partial charge on any atom is -0.371 e. The van der Waals surface area contributed by atoms with Crippen molar-refractivity contribution in [2.75, 3.05) is 13.6 Å². The number of aliphatic hydroxyl groups is 1. The third-order valence-corrected chi connectivity index (χ3v) is 4.05. The van der Waals surface area contributed by atoms with Gasteiger partial charge in [0.05, 0.1) is 0 Å². The summed E-state index contributed by atoms with van der Waals surface area (Å²) < 4.78 is 41.1. The zero-order valence-corrected chi connectivity index (χ0v) is 9.20. The molecule has 0 aromatic heterocycles. The van der Waals surface area contributed by atoms with Gasteiger partial charge in [0.1, 0.15) is 6.79 Å². The van der Waals surface area contributed by atoms with E-state index in [4.69, 9.17) is 14.4 Å². The molecule has 0 radical (unpaired) electrons. The molecule has 15 heavy (non-hydrogen) atoms. The van der Waals surface area contributed by atoms with E-state index >= 15 is 0 Å². The largest absolute Gasteiger partial charge is 0.371 e. The van der Waals surface area contributed by atoms with Crippen LogP contribution in [0.3, 0.4) is 0 Å². The van der Waals surface area contributed by atoms with Gasteiger partial charge in [-0.05, 0) is 25.7 Å². The van der Waals surface area contributed by atoms with E-state index in [1.165, 1.54) is 0 Å². The van der Waals surface area contributed by atoms with Gasteiger partial charge in [0.2, 0.25) is 0 Å². The molecule has 0 heterocycles. The van der Waals surface area contributed by atoms with Crippen molar-refractivity contribution in [1.29, 1.82) is 0 Å². The number of hydrogen-bond acceptors (Lipinski definition) is 5. The van der Waals surface area contributed by atoms with Crippen molar-refractivity contribution in [3.8, 4) is 0 Å². The van der Waals surface area contributed by atoms with E-state index in [1.807, 2.05) is 0 Å². The molecular weight excluding hydrogens is 224 g/mol. The Balaban J connectivity index is 2.68. The average Bonchev–Trinajstić information content (AvgIpc) is 2.18. The molecule has 1 aliphatic carbocycles. The topological polar surface area (TPSA) is 93.1 Å². The number of ether oxygens (including phenoxy) is 2. The average molecular weight is 240 g/mol. The van der Waals surface area contributed by atoms with Gasteiger partial charge in [-0.3, -0.25) is 4.55 Å². The molecule has 0 aromatic rings. The minimum atomic E-state index is -4.25. The summed E-state index contributed by atoms with van der Waals surface area (Å²) in [4.78, 5) is -1.54. The van der Waals surface area contributed by atoms with Crippen LogP contribution in [0, 0.1) is 0 Å². The van der Waals surface area contributed by atoms with Gasteiger partial charge in [-0.25, -0.2) is 0 Å². The van der Waals surface area contributed by atoms with Crippen LogP contribution in [0.4, 0.5) is 0 Å². The van der Waals surface area contributed by atoms with E-state index in [0.29, 0.717) is 12.8 Å². The number of hydrogen-bond donors (Lipinski definition) is 2. The molecule has 0 unspecified atom stereocenters. The summed E-state index contributed by atoms with van der Waals surface area (Å²) in [6, 6.07) is 0. The van der Waals surface area contributed by atoms with Crippen LogP contribution >= 0.6 is 0 Å². The Bertz CT molecular complexity index is 280. The lowest BCUT2D eigenvalue weighted by atomic mass is 9.97. The molecule has 1 saturated carbocycles. The van der Waals surface area contributed by atoms with Crippen molar-refractivity contribution < 1.29 is 27.6 Å². The molecule has 0 bridgehead atoms. The molecule has 0 aromatic carbocycles. The lowest BCUT2D eigenvalue weighted by molar-refractivity contribution is -0.152. The third kappa shape index (κ3) is 3.12. The molecule has 0 saturated heterocycles. The molecular formula is C8H16O6S. The van der Waals surface area contributed by atoms with Gasteiger partial charge in [0.25, 0.3) is 10.1 Å². The third-order valence-electron chi connectivity index (χ3n) is 2.58. The first-order chi connectivity index (χ1) is 7.02. The van der Waals surface area contributed by atoms with E-state index in [2.05, 4.69) is 4.74 Å². The highest BCUT2D eigenvalue weighted by molar-refractivity contribution is 7.87. The SMILES string of the molecule is O=S(=O)(O)C1(OCOCO)CCCCC1. The molecule has 1 fully saturated rings. The molecule has 1 rings (SSSR count). The van der Waals surface area contributed by atoms with Gasteiger partial charge >= 0.3 is 0 Å². The molecule has 0 atom stereocenters. The number of aliphatic hydroxyl groups excluding tert-OH is 1. The van der Waals surface area contributed by atoms with Gasteiger partial charge in [0.15, 0.2) is 11.7 Å². The van der Waals surface area contributed by atoms with Gasteiger partial charge in [-0.15, -0.1) is 0 Å². The second kappa shape index (κ2) is 5.22. The van der Waals surface area contributed by atoms with E-state index in [1.54, 1.807) is 0 Å². The highest BCUT2D eigenvalue weighted by Crippen LogP contribution is 2.35. The molecule has 1 aliphatic rings. The predicted molar refractivity (Wildman–Crippen MR) is 51.5 cm³/mol. The Morgan fingerprint density at radius 1 is 1.20 bits per heavy atom. The quantitative estimate of drug-likeness (QED) is 0.412. The summed E-state index contributed by atoms with van der Waals surface area (Å²) in [6.07, 6.45) is 2.85. The number of rotatable bonds is 5. The molecule has 90 valence electrons. The van der Waals surface area contributed by atoms with Crippen LogP contribution in [0.1, 0.15) is 32.1 Å². The normalized spacial score (nSPS) is 21.5. The van der Waals surface area contributed by atoms with Crippen LogP contribution in [0.5, 0.6) is 0 Å². The van der Waals surface area contributed by atoms with Crippen molar-refractivity contribution in [2.24, 2.45) is 0 Å². The summed E-state index contributed by atoms with van der Waals surface area (Å²) >= 11 is 0. The second-order valence-corrected chi connectivity index (χ2v) is 5.24. The zero-order chi connectivity index (χ0) is 11.4. The fraction of sp³-hybridized carbons (Fsp3) is 1.00. The van der Waals surface area contributed by atoms with Crippen molar-refractivity contribution in [3.05, 3.63) is 0 Å². The van der Waals surface area contributed by atoms with Gasteiger partial charge in [-0.1, -0.05) is 6.42 Å². The predicted octanol–water partition coefficient (Wildman–Crippen LogP) is 0.475. The van der Waals surface area contributed by atoms with E-state index in [0.717, 1.165) is 6.42 Å². The summed E-state index contributed by atoms with van der Waals surface area (Å²) in [5, 5.41) is 8.37. The summed E-state index contributed by atoms with van der Waals surface area (Å²) in [6.45, 7) is -0.877. The van der Waals surface area contributed by atoms with Gasteiger partial charge in [-0.2, -0.15) is 8.42 Å². The Hall–Kier alpha value is -0.210. The minimum absolute atomic E-state index is 0.265. The highest BCUT2D eigenvalue weighted by atomic mass is 32.2. The van der Waals surface area contributed by atoms with E-state index in [9.17, 15) is 8.42 Å². The van der Waals surface area contributed by atoms with Crippen LogP contribution in [0.25, 0.3) is 0 Å². The first-order valence-electron chi connectivity index (χ1n) is 4.81. The zero-order valence-electron chi connectivity index (χ0n) is 8.39. The van der Waals surface area contributed by atoms with Crippen molar-refractivity contribution in [2.45, 2.75) is 37.0 Å². The van der Waals surface area contributed by atoms with Gasteiger partial charge in [0, 0.05) is 0 Å². The summed E-state index contributed by atoms with van der Waals surface area (Å²) in [5.41, 5.74) is 0. The van der Waals surface area contributed by atoms with Crippen LogP contribution in [0.15, 0.2) is 0 Å². The molecule has 7 heteroatoms. The molecule has 0 aliphatic heterocycles. The van der Waals surface area contributed by atoms with Crippen LogP contribution in [0.2, 0.25) is 0 Å². The molecule has 2 N–H and O–H groups in total. The fourth-order valence-electron chi connectivity index (χ4n) is 1.75. The van der Waals surface area contributed by atoms with E-state index < -0.39 is 21.8 Å². The first kappa shape index (κ1) is 12.9. The van der Waals surface area contributed by atoms with Crippen LogP contribution in [-0.4, -0.2) is 36.6 Å². The van der Waals surface area contributed by atoms with Crippen LogP contribution in [-0.2, 0) is 19.6 Å². The summed E-state index contributed by atoms with van der Waals surface area (Å²) in [7, 11) is -4.25. The second-order valence-electron chi connectivity index (χ2n) is 3.54. The lowest BCUT2D eigenvalue weighted by Crippen LogP contribution is -2.43. The molecule has 0 amide bonds. The maximum Gasteiger partial charge on any atom is 0.295 e. The Morgan fingerprint density at radius 3 is 2.27 bits per heavy atom. The van der Waals surface area contributed by atoms with Crippen molar-refractivity contribution >= 4 is 10.1 Å².